The van der Waals surface area contributed by atoms with E-state index in [-0.39, 0.29) is 29.7 Å². The number of Topliss-reactive ketones (excluding diaryl/α,β-unsaturated/α-hetero) is 1. The Bertz CT molecular complexity index is 1130. The number of carbonyl (C=O) groups is 1. The van der Waals surface area contributed by atoms with Crippen LogP contribution in [0.15, 0.2) is 69.7 Å². The molecule has 0 amide bonds. The van der Waals surface area contributed by atoms with Crippen LogP contribution in [0.3, 0.4) is 0 Å². The normalized spacial score (nSPS) is 18.6. The summed E-state index contributed by atoms with van der Waals surface area (Å²) in [6.07, 6.45) is 1.64. The van der Waals surface area contributed by atoms with Gasteiger partial charge in [-0.15, -0.1) is 0 Å². The molecule has 2 aromatic rings. The third-order valence-electron chi connectivity index (χ3n) is 5.23. The summed E-state index contributed by atoms with van der Waals surface area (Å²) in [5.41, 5.74) is 7.65. The number of carbonyl (C=O) groups excluding carboxylic acids is 1. The molecule has 0 fully saturated rings. The van der Waals surface area contributed by atoms with Crippen molar-refractivity contribution < 1.29 is 18.7 Å². The Kier molecular flexibility index (Phi) is 5.60. The van der Waals surface area contributed by atoms with Crippen LogP contribution in [0, 0.1) is 17.1 Å². The van der Waals surface area contributed by atoms with Crippen molar-refractivity contribution in [2.45, 2.75) is 31.8 Å². The number of nitrogens with two attached hydrogens (primary N) is 1. The lowest BCUT2D eigenvalue weighted by atomic mass is 9.77. The van der Waals surface area contributed by atoms with Gasteiger partial charge in [0.1, 0.15) is 35.6 Å². The molecule has 0 spiro atoms. The maximum Gasteiger partial charge on any atom is 0.205 e. The zero-order valence-corrected chi connectivity index (χ0v) is 17.5. The number of rotatable bonds is 4. The lowest BCUT2D eigenvalue weighted by molar-refractivity contribution is -0.116. The molecule has 4 rings (SSSR count). The molecule has 1 heterocycles. The van der Waals surface area contributed by atoms with Gasteiger partial charge < -0.3 is 15.2 Å². The van der Waals surface area contributed by atoms with Gasteiger partial charge in [0.05, 0.1) is 5.92 Å². The highest BCUT2D eigenvalue weighted by Gasteiger charge is 2.39. The van der Waals surface area contributed by atoms with E-state index >= 15 is 0 Å². The first-order valence-electron chi connectivity index (χ1n) is 9.49. The van der Waals surface area contributed by atoms with Gasteiger partial charge in [0, 0.05) is 34.0 Å². The number of halogens is 2. The third kappa shape index (κ3) is 3.71. The number of ketones is 1. The molecule has 7 heteroatoms. The number of hydrogen-bond acceptors (Lipinski definition) is 5. The van der Waals surface area contributed by atoms with E-state index in [9.17, 15) is 14.4 Å². The van der Waals surface area contributed by atoms with Crippen LogP contribution < -0.4 is 10.5 Å². The molecule has 5 nitrogen and oxygen atoms in total. The Morgan fingerprint density at radius 2 is 2.07 bits per heavy atom. The van der Waals surface area contributed by atoms with Crippen molar-refractivity contribution in [3.8, 4) is 11.8 Å². The standard InChI is InChI=1S/C23H18BrFN2O3/c24-14-8-9-19(29-12-13-4-1-2-5-17(13)25)15(10-14)21-16(11-26)23(27)30-20-7-3-6-18(28)22(20)21/h1-2,4-5,8-10,21H,3,6-7,12,27H2. The molecular formula is C23H18BrFN2O3. The molecule has 0 saturated carbocycles. The number of nitrogens with zero attached hydrogens (tertiary/aromatic N) is 1. The molecule has 2 aliphatic rings. The van der Waals surface area contributed by atoms with Crippen LogP contribution in [0.1, 0.15) is 36.3 Å². The molecule has 0 bridgehead atoms. The van der Waals surface area contributed by atoms with Crippen LogP contribution in [0.4, 0.5) is 4.39 Å². The molecule has 2 N–H and O–H groups in total. The van der Waals surface area contributed by atoms with Crippen molar-refractivity contribution in [2.24, 2.45) is 5.73 Å². The SMILES string of the molecule is N#CC1=C(N)OC2=C(C(=O)CCC2)C1c1cc(Br)ccc1OCc1ccccc1F. The second-order valence-electron chi connectivity index (χ2n) is 7.10. The average Bonchev–Trinajstić information content (AvgIpc) is 2.73. The molecule has 1 aliphatic carbocycles. The molecule has 0 radical (unpaired) electrons. The van der Waals surface area contributed by atoms with Crippen molar-refractivity contribution >= 4 is 21.7 Å². The molecule has 1 aliphatic heterocycles. The Balaban J connectivity index is 1.79. The topological polar surface area (TPSA) is 85.3 Å². The van der Waals surface area contributed by atoms with E-state index in [4.69, 9.17) is 15.2 Å². The van der Waals surface area contributed by atoms with Crippen LogP contribution in [0.2, 0.25) is 0 Å². The fourth-order valence-corrected chi connectivity index (χ4v) is 4.19. The predicted molar refractivity (Wildman–Crippen MR) is 111 cm³/mol. The molecule has 0 aromatic heterocycles. The first-order chi connectivity index (χ1) is 14.5. The fourth-order valence-electron chi connectivity index (χ4n) is 3.81. The van der Waals surface area contributed by atoms with Gasteiger partial charge in [-0.05, 0) is 30.7 Å². The van der Waals surface area contributed by atoms with Gasteiger partial charge in [-0.3, -0.25) is 4.79 Å². The van der Waals surface area contributed by atoms with E-state index in [1.165, 1.54) is 6.07 Å². The monoisotopic (exact) mass is 468 g/mol. The first kappa shape index (κ1) is 20.2. The maximum atomic E-state index is 14.0. The quantitative estimate of drug-likeness (QED) is 0.683. The van der Waals surface area contributed by atoms with Crippen LogP contribution >= 0.6 is 15.9 Å². The molecule has 152 valence electrons. The van der Waals surface area contributed by atoms with Crippen LogP contribution in [0.5, 0.6) is 5.75 Å². The number of benzene rings is 2. The second kappa shape index (κ2) is 8.33. The minimum absolute atomic E-state index is 0.00372. The smallest absolute Gasteiger partial charge is 0.205 e. The summed E-state index contributed by atoms with van der Waals surface area (Å²) in [6.45, 7) is 0.00542. The summed E-state index contributed by atoms with van der Waals surface area (Å²) in [5, 5.41) is 9.77. The number of ether oxygens (including phenoxy) is 2. The molecular weight excluding hydrogens is 451 g/mol. The van der Waals surface area contributed by atoms with Gasteiger partial charge in [-0.25, -0.2) is 4.39 Å². The molecule has 1 unspecified atom stereocenters. The van der Waals surface area contributed by atoms with E-state index in [0.29, 0.717) is 47.5 Å². The van der Waals surface area contributed by atoms with Crippen LogP contribution in [0.25, 0.3) is 0 Å². The summed E-state index contributed by atoms with van der Waals surface area (Å²) in [5.74, 6) is -0.180. The van der Waals surface area contributed by atoms with Crippen molar-refractivity contribution in [3.63, 3.8) is 0 Å². The number of hydrogen-bond donors (Lipinski definition) is 1. The van der Waals surface area contributed by atoms with E-state index in [1.807, 2.05) is 0 Å². The summed E-state index contributed by atoms with van der Waals surface area (Å²) >= 11 is 3.45. The van der Waals surface area contributed by atoms with Gasteiger partial charge in [0.25, 0.3) is 0 Å². The van der Waals surface area contributed by atoms with E-state index in [0.717, 1.165) is 4.47 Å². The maximum absolute atomic E-state index is 14.0. The summed E-state index contributed by atoms with van der Waals surface area (Å²) in [4.78, 5) is 12.8. The molecule has 1 atom stereocenters. The van der Waals surface area contributed by atoms with Crippen molar-refractivity contribution in [3.05, 3.63) is 86.7 Å². The van der Waals surface area contributed by atoms with E-state index in [2.05, 4.69) is 22.0 Å². The van der Waals surface area contributed by atoms with Gasteiger partial charge in [-0.1, -0.05) is 34.1 Å². The van der Waals surface area contributed by atoms with Gasteiger partial charge >= 0.3 is 0 Å². The third-order valence-corrected chi connectivity index (χ3v) is 5.72. The summed E-state index contributed by atoms with van der Waals surface area (Å²) in [6, 6.07) is 13.8. The first-order valence-corrected chi connectivity index (χ1v) is 10.3. The Morgan fingerprint density at radius 3 is 2.83 bits per heavy atom. The van der Waals surface area contributed by atoms with Gasteiger partial charge in [-0.2, -0.15) is 5.26 Å². The summed E-state index contributed by atoms with van der Waals surface area (Å²) < 4.78 is 26.4. The molecule has 30 heavy (non-hydrogen) atoms. The average molecular weight is 469 g/mol. The summed E-state index contributed by atoms with van der Waals surface area (Å²) in [7, 11) is 0. The largest absolute Gasteiger partial charge is 0.488 e. The van der Waals surface area contributed by atoms with E-state index < -0.39 is 5.92 Å². The Labute approximate surface area is 181 Å². The highest BCUT2D eigenvalue weighted by molar-refractivity contribution is 9.10. The number of nitriles is 1. The fraction of sp³-hybridized carbons (Fsp3) is 0.217. The highest BCUT2D eigenvalue weighted by atomic mass is 79.9. The van der Waals surface area contributed by atoms with Gasteiger partial charge in [0.2, 0.25) is 5.88 Å². The lowest BCUT2D eigenvalue weighted by Gasteiger charge is -2.31. The van der Waals surface area contributed by atoms with Crippen molar-refractivity contribution in [1.82, 2.24) is 0 Å². The van der Waals surface area contributed by atoms with Crippen LogP contribution in [-0.4, -0.2) is 5.78 Å². The van der Waals surface area contributed by atoms with E-state index in [1.54, 1.807) is 36.4 Å². The van der Waals surface area contributed by atoms with Crippen molar-refractivity contribution in [1.29, 1.82) is 5.26 Å². The number of allylic oxidation sites excluding steroid dienone is 3. The minimum Gasteiger partial charge on any atom is -0.488 e. The van der Waals surface area contributed by atoms with Crippen molar-refractivity contribution in [2.75, 3.05) is 0 Å². The predicted octanol–water partition coefficient (Wildman–Crippen LogP) is 4.98. The van der Waals surface area contributed by atoms with Crippen LogP contribution in [-0.2, 0) is 16.1 Å². The highest BCUT2D eigenvalue weighted by Crippen LogP contribution is 2.46. The zero-order valence-electron chi connectivity index (χ0n) is 16.0. The lowest BCUT2D eigenvalue weighted by Crippen LogP contribution is -2.27. The Morgan fingerprint density at radius 1 is 1.27 bits per heavy atom. The Hall–Kier alpha value is -3.11. The second-order valence-corrected chi connectivity index (χ2v) is 8.02. The molecule has 2 aromatic carbocycles. The minimum atomic E-state index is -0.695. The molecule has 0 saturated heterocycles. The van der Waals surface area contributed by atoms with Gasteiger partial charge in [0.15, 0.2) is 5.78 Å². The zero-order chi connectivity index (χ0) is 21.3.